The molecular formula is C14H18. The Kier molecular flexibility index (Phi) is 2.02. The van der Waals surface area contributed by atoms with Gasteiger partial charge in [-0.1, -0.05) is 45.0 Å². The van der Waals surface area contributed by atoms with E-state index in [4.69, 9.17) is 0 Å². The first-order valence-corrected chi connectivity index (χ1v) is 5.29. The first-order valence-electron chi connectivity index (χ1n) is 5.29. The highest BCUT2D eigenvalue weighted by atomic mass is 14.2. The zero-order chi connectivity index (χ0) is 10.3. The molecule has 2 rings (SSSR count). The normalized spacial score (nSPS) is 15.3. The lowest BCUT2D eigenvalue weighted by molar-refractivity contribution is 0.589. The van der Waals surface area contributed by atoms with Crippen molar-refractivity contribution in [2.75, 3.05) is 0 Å². The Hall–Kier alpha value is -1.04. The van der Waals surface area contributed by atoms with Gasteiger partial charge in [-0.25, -0.2) is 0 Å². The van der Waals surface area contributed by atoms with Crippen LogP contribution < -0.4 is 0 Å². The van der Waals surface area contributed by atoms with E-state index in [0.717, 1.165) is 6.42 Å². The summed E-state index contributed by atoms with van der Waals surface area (Å²) in [5, 5.41) is 0. The molecular weight excluding hydrogens is 168 g/mol. The van der Waals surface area contributed by atoms with Gasteiger partial charge in [0.2, 0.25) is 0 Å². The minimum Gasteiger partial charge on any atom is -0.0766 e. The lowest BCUT2D eigenvalue weighted by Gasteiger charge is -2.20. The summed E-state index contributed by atoms with van der Waals surface area (Å²) in [6.45, 7) is 9.00. The predicted molar refractivity (Wildman–Crippen MR) is 62.5 cm³/mol. The molecule has 0 bridgehead atoms. The highest BCUT2D eigenvalue weighted by Crippen LogP contribution is 2.31. The first kappa shape index (κ1) is 9.51. The van der Waals surface area contributed by atoms with E-state index in [0.29, 0.717) is 0 Å². The summed E-state index contributed by atoms with van der Waals surface area (Å²) in [4.78, 5) is 0. The molecule has 14 heavy (non-hydrogen) atoms. The van der Waals surface area contributed by atoms with Crippen LogP contribution in [0, 0.1) is 0 Å². The Morgan fingerprint density at radius 2 is 1.86 bits per heavy atom. The summed E-state index contributed by atoms with van der Waals surface area (Å²) in [6.07, 6.45) is 3.43. The van der Waals surface area contributed by atoms with Crippen molar-refractivity contribution in [1.29, 1.82) is 0 Å². The van der Waals surface area contributed by atoms with Crippen LogP contribution in [-0.4, -0.2) is 0 Å². The molecule has 0 radical (unpaired) electrons. The van der Waals surface area contributed by atoms with Crippen LogP contribution in [0.25, 0.3) is 5.57 Å². The number of hydrogen-bond acceptors (Lipinski definition) is 0. The van der Waals surface area contributed by atoms with Gasteiger partial charge in [0, 0.05) is 0 Å². The maximum absolute atomic E-state index is 2.36. The summed E-state index contributed by atoms with van der Waals surface area (Å²) in [7, 11) is 0. The second-order valence-corrected chi connectivity index (χ2v) is 5.21. The lowest BCUT2D eigenvalue weighted by atomic mass is 9.85. The lowest BCUT2D eigenvalue weighted by Crippen LogP contribution is -2.11. The van der Waals surface area contributed by atoms with Gasteiger partial charge in [0.25, 0.3) is 0 Å². The quantitative estimate of drug-likeness (QED) is 0.575. The minimum absolute atomic E-state index is 0.269. The number of benzene rings is 1. The van der Waals surface area contributed by atoms with E-state index in [-0.39, 0.29) is 5.41 Å². The fraction of sp³-hybridized carbons (Fsp3) is 0.429. The van der Waals surface area contributed by atoms with E-state index < -0.39 is 0 Å². The van der Waals surface area contributed by atoms with E-state index in [1.54, 1.807) is 0 Å². The Morgan fingerprint density at radius 1 is 1.14 bits per heavy atom. The highest BCUT2D eigenvalue weighted by molar-refractivity contribution is 5.71. The summed E-state index contributed by atoms with van der Waals surface area (Å²) >= 11 is 0. The smallest absolute Gasteiger partial charge is 0.00854 e. The fourth-order valence-electron chi connectivity index (χ4n) is 1.99. The van der Waals surface area contributed by atoms with Crippen molar-refractivity contribution in [3.8, 4) is 0 Å². The van der Waals surface area contributed by atoms with Gasteiger partial charge in [0.15, 0.2) is 0 Å². The average Bonchev–Trinajstić information content (AvgIpc) is 2.46. The largest absolute Gasteiger partial charge is 0.0766 e. The number of rotatable bonds is 0. The molecule has 0 heterocycles. The van der Waals surface area contributed by atoms with Crippen LogP contribution in [0.15, 0.2) is 24.3 Å². The molecule has 0 saturated heterocycles. The zero-order valence-corrected chi connectivity index (χ0v) is 9.52. The molecule has 0 unspecified atom stereocenters. The van der Waals surface area contributed by atoms with E-state index in [2.05, 4.69) is 52.0 Å². The molecule has 0 fully saturated rings. The Balaban J connectivity index is 2.46. The van der Waals surface area contributed by atoms with Gasteiger partial charge in [-0.05, 0) is 41.0 Å². The monoisotopic (exact) mass is 186 g/mol. The third-order valence-corrected chi connectivity index (χ3v) is 3.02. The van der Waals surface area contributed by atoms with Crippen molar-refractivity contribution < 1.29 is 0 Å². The van der Waals surface area contributed by atoms with Gasteiger partial charge in [-0.2, -0.15) is 0 Å². The molecule has 0 atom stereocenters. The van der Waals surface area contributed by atoms with Crippen molar-refractivity contribution in [3.63, 3.8) is 0 Å². The Labute approximate surface area is 86.7 Å². The number of allylic oxidation sites excluding steroid dienone is 2. The second kappa shape index (κ2) is 2.98. The standard InChI is InChI=1S/C14H18/c1-10-5-6-11-9-12(14(2,3)4)7-8-13(10)11/h5,7-9H,6H2,1-4H3. The summed E-state index contributed by atoms with van der Waals surface area (Å²) < 4.78 is 0. The van der Waals surface area contributed by atoms with Crippen LogP contribution in [-0.2, 0) is 11.8 Å². The third-order valence-electron chi connectivity index (χ3n) is 3.02. The number of hydrogen-bond donors (Lipinski definition) is 0. The van der Waals surface area contributed by atoms with E-state index in [9.17, 15) is 0 Å². The van der Waals surface area contributed by atoms with Crippen molar-refractivity contribution >= 4 is 5.57 Å². The Bertz CT molecular complexity index is 389. The minimum atomic E-state index is 0.269. The summed E-state index contributed by atoms with van der Waals surface area (Å²) in [6, 6.07) is 6.90. The van der Waals surface area contributed by atoms with Gasteiger partial charge in [-0.15, -0.1) is 0 Å². The summed E-state index contributed by atoms with van der Waals surface area (Å²) in [5.74, 6) is 0. The predicted octanol–water partition coefficient (Wildman–Crippen LogP) is 3.94. The van der Waals surface area contributed by atoms with Crippen LogP contribution in [0.1, 0.15) is 44.4 Å². The van der Waals surface area contributed by atoms with Crippen molar-refractivity contribution in [1.82, 2.24) is 0 Å². The first-order chi connectivity index (χ1) is 6.48. The van der Waals surface area contributed by atoms with Crippen molar-refractivity contribution in [3.05, 3.63) is 41.0 Å². The van der Waals surface area contributed by atoms with Crippen LogP contribution in [0.3, 0.4) is 0 Å². The fourth-order valence-corrected chi connectivity index (χ4v) is 1.99. The molecule has 1 aromatic carbocycles. The second-order valence-electron chi connectivity index (χ2n) is 5.21. The molecule has 0 spiro atoms. The van der Waals surface area contributed by atoms with E-state index in [1.165, 1.54) is 22.3 Å². The van der Waals surface area contributed by atoms with E-state index in [1.807, 2.05) is 0 Å². The topological polar surface area (TPSA) is 0 Å². The van der Waals surface area contributed by atoms with Crippen LogP contribution in [0.4, 0.5) is 0 Å². The maximum atomic E-state index is 2.36. The highest BCUT2D eigenvalue weighted by Gasteiger charge is 2.17. The van der Waals surface area contributed by atoms with Crippen LogP contribution >= 0.6 is 0 Å². The van der Waals surface area contributed by atoms with E-state index >= 15 is 0 Å². The molecule has 0 aromatic heterocycles. The molecule has 74 valence electrons. The zero-order valence-electron chi connectivity index (χ0n) is 9.52. The molecule has 1 aliphatic carbocycles. The average molecular weight is 186 g/mol. The van der Waals surface area contributed by atoms with Crippen molar-refractivity contribution in [2.24, 2.45) is 0 Å². The molecule has 0 amide bonds. The van der Waals surface area contributed by atoms with Crippen LogP contribution in [0.2, 0.25) is 0 Å². The van der Waals surface area contributed by atoms with Gasteiger partial charge in [-0.3, -0.25) is 0 Å². The van der Waals surface area contributed by atoms with Gasteiger partial charge in [0.1, 0.15) is 0 Å². The van der Waals surface area contributed by atoms with Gasteiger partial charge >= 0.3 is 0 Å². The van der Waals surface area contributed by atoms with Crippen molar-refractivity contribution in [2.45, 2.75) is 39.5 Å². The van der Waals surface area contributed by atoms with Gasteiger partial charge in [0.05, 0.1) is 0 Å². The maximum Gasteiger partial charge on any atom is -0.00854 e. The SMILES string of the molecule is CC1=CCc2cc(C(C)(C)C)ccc21. The molecule has 0 N–H and O–H groups in total. The molecule has 1 aromatic rings. The summed E-state index contributed by atoms with van der Waals surface area (Å²) in [5.41, 5.74) is 6.08. The van der Waals surface area contributed by atoms with Gasteiger partial charge < -0.3 is 0 Å². The molecule has 0 saturated carbocycles. The molecule has 1 aliphatic rings. The third kappa shape index (κ3) is 1.50. The number of fused-ring (bicyclic) bond motifs is 1. The van der Waals surface area contributed by atoms with Crippen LogP contribution in [0.5, 0.6) is 0 Å². The molecule has 0 heteroatoms. The molecule has 0 aliphatic heterocycles. The molecule has 0 nitrogen and oxygen atoms in total. The Morgan fingerprint density at radius 3 is 2.50 bits per heavy atom.